The first kappa shape index (κ1) is 29.8. The molecule has 0 amide bonds. The minimum atomic E-state index is 0.340. The molecule has 0 spiro atoms. The molecule has 8 aromatic rings. The summed E-state index contributed by atoms with van der Waals surface area (Å²) >= 11 is 0. The monoisotopic (exact) mass is 645 g/mol. The van der Waals surface area contributed by atoms with Gasteiger partial charge in [-0.25, -0.2) is 0 Å². The maximum atomic E-state index is 4.74. The van der Waals surface area contributed by atoms with Crippen LogP contribution in [-0.2, 0) is 0 Å². The Balaban J connectivity index is 1.20. The fourth-order valence-electron chi connectivity index (χ4n) is 7.29. The molecule has 5 heteroatoms. The summed E-state index contributed by atoms with van der Waals surface area (Å²) in [6, 6.07) is 39.7. The lowest BCUT2D eigenvalue weighted by atomic mass is 9.98. The smallest absolute Gasteiger partial charge is 0.0720 e. The Morgan fingerprint density at radius 3 is 2.10 bits per heavy atom. The first-order valence-electron chi connectivity index (χ1n) is 17.0. The lowest BCUT2D eigenvalue weighted by molar-refractivity contribution is 0.425. The second-order valence-corrected chi connectivity index (χ2v) is 13.2. The number of allylic oxidation sites excluding steroid dienone is 2. The zero-order valence-corrected chi connectivity index (χ0v) is 28.2. The first-order chi connectivity index (χ1) is 24.5. The molecule has 9 rings (SSSR count). The van der Waals surface area contributed by atoms with Crippen molar-refractivity contribution in [2.75, 3.05) is 7.05 Å². The fourth-order valence-corrected chi connectivity index (χ4v) is 7.29. The van der Waals surface area contributed by atoms with E-state index in [9.17, 15) is 0 Å². The van der Waals surface area contributed by atoms with Crippen molar-refractivity contribution in [3.05, 3.63) is 163 Å². The van der Waals surface area contributed by atoms with Crippen molar-refractivity contribution in [3.63, 3.8) is 0 Å². The van der Waals surface area contributed by atoms with Crippen LogP contribution < -0.4 is 0 Å². The third-order valence-corrected chi connectivity index (χ3v) is 10.0. The van der Waals surface area contributed by atoms with Gasteiger partial charge in [0.15, 0.2) is 0 Å². The number of hydrogen-bond acceptors (Lipinski definition) is 4. The Kier molecular flexibility index (Phi) is 7.13. The molecule has 4 aromatic carbocycles. The summed E-state index contributed by atoms with van der Waals surface area (Å²) in [7, 11) is 2.14. The second kappa shape index (κ2) is 12.0. The number of nitrogens with zero attached hydrogens (tertiary/aromatic N) is 5. The van der Waals surface area contributed by atoms with Gasteiger partial charge >= 0.3 is 0 Å². The highest BCUT2D eigenvalue weighted by Crippen LogP contribution is 2.40. The van der Waals surface area contributed by atoms with Gasteiger partial charge < -0.3 is 9.47 Å². The Morgan fingerprint density at radius 1 is 0.600 bits per heavy atom. The molecule has 1 atom stereocenters. The molecule has 1 aliphatic heterocycles. The van der Waals surface area contributed by atoms with Gasteiger partial charge in [-0.3, -0.25) is 15.0 Å². The highest BCUT2D eigenvalue weighted by Gasteiger charge is 2.18. The van der Waals surface area contributed by atoms with E-state index >= 15 is 0 Å². The van der Waals surface area contributed by atoms with Crippen LogP contribution in [0.3, 0.4) is 0 Å². The highest BCUT2D eigenvalue weighted by molar-refractivity contribution is 6.19. The Morgan fingerprint density at radius 2 is 1.30 bits per heavy atom. The van der Waals surface area contributed by atoms with Crippen LogP contribution >= 0.6 is 0 Å². The van der Waals surface area contributed by atoms with E-state index in [2.05, 4.69) is 143 Å². The third-order valence-electron chi connectivity index (χ3n) is 10.0. The number of hydrogen-bond donors (Lipinski definition) is 0. The van der Waals surface area contributed by atoms with Crippen LogP contribution in [0.15, 0.2) is 152 Å². The average Bonchev–Trinajstić information content (AvgIpc) is 3.50. The molecule has 0 aliphatic carbocycles. The second-order valence-electron chi connectivity index (χ2n) is 13.2. The van der Waals surface area contributed by atoms with Gasteiger partial charge in [-0.15, -0.1) is 0 Å². The number of aromatic nitrogens is 4. The summed E-state index contributed by atoms with van der Waals surface area (Å²) < 4.78 is 2.41. The molecule has 0 bridgehead atoms. The highest BCUT2D eigenvalue weighted by atomic mass is 15.1. The van der Waals surface area contributed by atoms with Crippen molar-refractivity contribution in [2.45, 2.75) is 19.9 Å². The normalized spacial score (nSPS) is 14.5. The lowest BCUT2D eigenvalue weighted by Crippen LogP contribution is -2.27. The quantitative estimate of drug-likeness (QED) is 0.187. The minimum absolute atomic E-state index is 0.340. The van der Waals surface area contributed by atoms with E-state index in [0.29, 0.717) is 6.04 Å². The molecule has 0 saturated heterocycles. The van der Waals surface area contributed by atoms with Crippen LogP contribution in [0, 0.1) is 6.92 Å². The summed E-state index contributed by atoms with van der Waals surface area (Å²) in [6.45, 7) is 4.23. The summed E-state index contributed by atoms with van der Waals surface area (Å²) in [5, 5.41) is 4.84. The fraction of sp³-hybridized carbons (Fsp3) is 0.0889. The van der Waals surface area contributed by atoms with E-state index in [-0.39, 0.29) is 0 Å². The van der Waals surface area contributed by atoms with Gasteiger partial charge in [-0.2, -0.15) is 0 Å². The predicted octanol–water partition coefficient (Wildman–Crippen LogP) is 10.7. The number of benzene rings is 4. The van der Waals surface area contributed by atoms with Crippen LogP contribution in [-0.4, -0.2) is 37.5 Å². The zero-order valence-electron chi connectivity index (χ0n) is 28.2. The molecule has 0 fully saturated rings. The molecule has 0 N–H and O–H groups in total. The maximum absolute atomic E-state index is 4.74. The van der Waals surface area contributed by atoms with Crippen molar-refractivity contribution < 1.29 is 0 Å². The zero-order chi connectivity index (χ0) is 33.8. The first-order valence-corrected chi connectivity index (χ1v) is 17.0. The van der Waals surface area contributed by atoms with Crippen molar-refractivity contribution in [2.24, 2.45) is 0 Å². The van der Waals surface area contributed by atoms with Crippen molar-refractivity contribution >= 4 is 38.3 Å². The van der Waals surface area contributed by atoms with Crippen LogP contribution in [0.2, 0.25) is 0 Å². The van der Waals surface area contributed by atoms with Crippen molar-refractivity contribution in [3.8, 4) is 39.2 Å². The molecule has 5 heterocycles. The number of fused-ring (bicyclic) bond motifs is 5. The van der Waals surface area contributed by atoms with E-state index in [0.717, 1.165) is 56.0 Å². The van der Waals surface area contributed by atoms with Crippen molar-refractivity contribution in [1.82, 2.24) is 24.4 Å². The standard InChI is InChI=1S/C45H35N5/c1-29-9-7-13-42(48-29)36-22-34(25-46-27-36)32-16-19-40-41-20-17-33-21-31(35-23-37(28-47-26-35)43-14-8-10-30(2)49(43)3)15-18-39(33)45(41)50(44(40)24-32)38-11-5-4-6-12-38/h4-28,30H,1-3H3. The van der Waals surface area contributed by atoms with Crippen LogP contribution in [0.25, 0.3) is 77.5 Å². The molecule has 4 aromatic heterocycles. The maximum Gasteiger partial charge on any atom is 0.0720 e. The average molecular weight is 646 g/mol. The Hall–Kier alpha value is -6.33. The van der Waals surface area contributed by atoms with Gasteiger partial charge in [0.1, 0.15) is 0 Å². The predicted molar refractivity (Wildman–Crippen MR) is 207 cm³/mol. The largest absolute Gasteiger partial charge is 0.368 e. The number of para-hydroxylation sites is 1. The molecule has 1 aliphatic rings. The van der Waals surface area contributed by atoms with Gasteiger partial charge in [0.25, 0.3) is 0 Å². The number of pyridine rings is 3. The third kappa shape index (κ3) is 5.06. The van der Waals surface area contributed by atoms with Gasteiger partial charge in [-0.1, -0.05) is 72.8 Å². The summed E-state index contributed by atoms with van der Waals surface area (Å²) in [5.41, 5.74) is 13.1. The van der Waals surface area contributed by atoms with Crippen LogP contribution in [0.1, 0.15) is 18.2 Å². The molecular weight excluding hydrogens is 611 g/mol. The summed E-state index contributed by atoms with van der Waals surface area (Å²) in [4.78, 5) is 16.3. The van der Waals surface area contributed by atoms with Gasteiger partial charge in [0.05, 0.1) is 16.7 Å². The van der Waals surface area contributed by atoms with Gasteiger partial charge in [0, 0.05) is 93.4 Å². The van der Waals surface area contributed by atoms with E-state index in [1.165, 1.54) is 32.8 Å². The van der Waals surface area contributed by atoms with Crippen molar-refractivity contribution in [1.29, 1.82) is 0 Å². The Labute approximate surface area is 291 Å². The summed E-state index contributed by atoms with van der Waals surface area (Å²) in [6.07, 6.45) is 14.3. The number of aryl methyl sites for hydroxylation is 1. The van der Waals surface area contributed by atoms with Crippen LogP contribution in [0.5, 0.6) is 0 Å². The lowest BCUT2D eigenvalue weighted by Gasteiger charge is -2.30. The molecule has 0 radical (unpaired) electrons. The molecule has 0 saturated carbocycles. The molecule has 1 unspecified atom stereocenters. The van der Waals surface area contributed by atoms with E-state index < -0.39 is 0 Å². The van der Waals surface area contributed by atoms with Gasteiger partial charge in [0.2, 0.25) is 0 Å². The molecule has 5 nitrogen and oxygen atoms in total. The number of rotatable bonds is 5. The van der Waals surface area contributed by atoms with Gasteiger partial charge in [-0.05, 0) is 85.0 Å². The molecule has 50 heavy (non-hydrogen) atoms. The minimum Gasteiger partial charge on any atom is -0.368 e. The van der Waals surface area contributed by atoms with E-state index in [1.807, 2.05) is 49.9 Å². The molecular formula is C45H35N5. The van der Waals surface area contributed by atoms with Crippen LogP contribution in [0.4, 0.5) is 0 Å². The molecule has 240 valence electrons. The summed E-state index contributed by atoms with van der Waals surface area (Å²) in [5.74, 6) is 0. The SMILES string of the molecule is Cc1cccc(-c2cncc(-c3ccc4c5ccc6cc(-c7cncc(C8=CC=CC(C)N8C)c7)ccc6c5n(-c5ccccc5)c4c3)c2)n1. The topological polar surface area (TPSA) is 46.8 Å². The van der Waals surface area contributed by atoms with E-state index in [1.54, 1.807) is 0 Å². The van der Waals surface area contributed by atoms with E-state index in [4.69, 9.17) is 4.98 Å². The number of likely N-dealkylation sites (N-methyl/N-ethyl adjacent to an activating group) is 1. The Bertz CT molecular complexity index is 2650.